The lowest BCUT2D eigenvalue weighted by Gasteiger charge is -2.36. The maximum atomic E-state index is 12.6. The summed E-state index contributed by atoms with van der Waals surface area (Å²) in [5.74, 6) is 1.60. The van der Waals surface area contributed by atoms with Gasteiger partial charge in [-0.15, -0.1) is 0 Å². The molecule has 1 saturated heterocycles. The van der Waals surface area contributed by atoms with Crippen molar-refractivity contribution in [1.82, 2.24) is 4.90 Å². The molecule has 0 radical (unpaired) electrons. The van der Waals surface area contributed by atoms with Gasteiger partial charge in [0, 0.05) is 43.9 Å². The molecule has 6 heteroatoms. The number of carbonyl (C=O) groups excluding carboxylic acids is 2. The molecule has 3 rings (SSSR count). The van der Waals surface area contributed by atoms with E-state index in [9.17, 15) is 9.59 Å². The van der Waals surface area contributed by atoms with Crippen LogP contribution in [0.4, 0.5) is 5.69 Å². The van der Waals surface area contributed by atoms with E-state index in [-0.39, 0.29) is 11.7 Å². The summed E-state index contributed by atoms with van der Waals surface area (Å²) < 4.78 is 10.6. The van der Waals surface area contributed by atoms with Gasteiger partial charge in [-0.1, -0.05) is 18.2 Å². The average Bonchev–Trinajstić information content (AvgIpc) is 2.77. The molecular formula is C23H28N2O4. The maximum Gasteiger partial charge on any atom is 0.223 e. The number of ether oxygens (including phenoxy) is 2. The molecule has 0 aromatic heterocycles. The van der Waals surface area contributed by atoms with Gasteiger partial charge in [0.1, 0.15) is 0 Å². The third-order valence-corrected chi connectivity index (χ3v) is 5.33. The van der Waals surface area contributed by atoms with Crippen LogP contribution in [-0.4, -0.2) is 57.0 Å². The predicted molar refractivity (Wildman–Crippen MR) is 113 cm³/mol. The SMILES string of the molecule is COc1ccc(CCC(=O)N2CCN(c3cccc(C(C)=O)c3)CC2)cc1OC. The van der Waals surface area contributed by atoms with Gasteiger partial charge in [-0.25, -0.2) is 0 Å². The molecule has 6 nitrogen and oxygen atoms in total. The van der Waals surface area contributed by atoms with Crippen molar-refractivity contribution < 1.29 is 19.1 Å². The Morgan fingerprint density at radius 3 is 2.31 bits per heavy atom. The Kier molecular flexibility index (Phi) is 6.75. The highest BCUT2D eigenvalue weighted by atomic mass is 16.5. The zero-order chi connectivity index (χ0) is 20.8. The molecule has 1 amide bonds. The van der Waals surface area contributed by atoms with E-state index in [1.165, 1.54) is 0 Å². The van der Waals surface area contributed by atoms with E-state index in [0.29, 0.717) is 37.4 Å². The van der Waals surface area contributed by atoms with Crippen molar-refractivity contribution in [1.29, 1.82) is 0 Å². The van der Waals surface area contributed by atoms with Gasteiger partial charge in [0.15, 0.2) is 17.3 Å². The van der Waals surface area contributed by atoms with Gasteiger partial charge in [0.25, 0.3) is 0 Å². The van der Waals surface area contributed by atoms with Crippen LogP contribution in [0, 0.1) is 0 Å². The van der Waals surface area contributed by atoms with Crippen LogP contribution in [0.2, 0.25) is 0 Å². The van der Waals surface area contributed by atoms with Gasteiger partial charge < -0.3 is 19.3 Å². The zero-order valence-electron chi connectivity index (χ0n) is 17.3. The molecule has 1 aliphatic heterocycles. The van der Waals surface area contributed by atoms with Crippen LogP contribution in [-0.2, 0) is 11.2 Å². The molecule has 0 atom stereocenters. The summed E-state index contributed by atoms with van der Waals surface area (Å²) in [6, 6.07) is 13.4. The van der Waals surface area contributed by atoms with E-state index >= 15 is 0 Å². The van der Waals surface area contributed by atoms with E-state index in [1.807, 2.05) is 47.4 Å². The van der Waals surface area contributed by atoms with Crippen molar-refractivity contribution in [2.45, 2.75) is 19.8 Å². The second-order valence-electron chi connectivity index (χ2n) is 7.16. The second-order valence-corrected chi connectivity index (χ2v) is 7.16. The Morgan fingerprint density at radius 1 is 0.931 bits per heavy atom. The Bertz CT molecular complexity index is 873. The van der Waals surface area contributed by atoms with Gasteiger partial charge in [-0.05, 0) is 43.2 Å². The second kappa shape index (κ2) is 9.45. The van der Waals surface area contributed by atoms with Crippen molar-refractivity contribution in [3.8, 4) is 11.5 Å². The van der Waals surface area contributed by atoms with Gasteiger partial charge in [0.05, 0.1) is 14.2 Å². The molecule has 0 spiro atoms. The fraction of sp³-hybridized carbons (Fsp3) is 0.391. The third-order valence-electron chi connectivity index (χ3n) is 5.33. The van der Waals surface area contributed by atoms with Gasteiger partial charge in [-0.3, -0.25) is 9.59 Å². The highest BCUT2D eigenvalue weighted by Gasteiger charge is 2.21. The molecule has 0 saturated carbocycles. The van der Waals surface area contributed by atoms with Gasteiger partial charge >= 0.3 is 0 Å². The number of rotatable bonds is 7. The topological polar surface area (TPSA) is 59.1 Å². The van der Waals surface area contributed by atoms with Crippen LogP contribution in [0.3, 0.4) is 0 Å². The molecule has 1 heterocycles. The highest BCUT2D eigenvalue weighted by Crippen LogP contribution is 2.28. The zero-order valence-corrected chi connectivity index (χ0v) is 17.3. The molecule has 29 heavy (non-hydrogen) atoms. The minimum absolute atomic E-state index is 0.0656. The fourth-order valence-electron chi connectivity index (χ4n) is 3.58. The molecule has 1 fully saturated rings. The minimum atomic E-state index is 0.0656. The normalized spacial score (nSPS) is 13.9. The quantitative estimate of drug-likeness (QED) is 0.673. The van der Waals surface area contributed by atoms with Crippen molar-refractivity contribution in [2.75, 3.05) is 45.3 Å². The number of aryl methyl sites for hydroxylation is 1. The molecule has 2 aromatic rings. The number of hydrogen-bond acceptors (Lipinski definition) is 5. The van der Waals surface area contributed by atoms with E-state index in [0.717, 1.165) is 29.9 Å². The molecule has 0 bridgehead atoms. The standard InChI is InChI=1S/C23H28N2O4/c1-17(26)19-5-4-6-20(16-19)24-11-13-25(14-12-24)23(27)10-8-18-7-9-21(28-2)22(15-18)29-3/h4-7,9,15-16H,8,10-14H2,1-3H3. The summed E-state index contributed by atoms with van der Waals surface area (Å²) in [6.07, 6.45) is 1.13. The molecule has 0 N–H and O–H groups in total. The number of piperazine rings is 1. The van der Waals surface area contributed by atoms with Crippen LogP contribution >= 0.6 is 0 Å². The number of carbonyl (C=O) groups is 2. The monoisotopic (exact) mass is 396 g/mol. The molecule has 2 aromatic carbocycles. The number of amides is 1. The number of methoxy groups -OCH3 is 2. The predicted octanol–water partition coefficient (Wildman–Crippen LogP) is 3.19. The summed E-state index contributed by atoms with van der Waals surface area (Å²) in [6.45, 7) is 4.49. The smallest absolute Gasteiger partial charge is 0.223 e. The molecule has 1 aliphatic rings. The van der Waals surface area contributed by atoms with Crippen molar-refractivity contribution >= 4 is 17.4 Å². The van der Waals surface area contributed by atoms with E-state index in [4.69, 9.17) is 9.47 Å². The van der Waals surface area contributed by atoms with Crippen LogP contribution in [0.25, 0.3) is 0 Å². The third kappa shape index (κ3) is 5.08. The first kappa shape index (κ1) is 20.7. The lowest BCUT2D eigenvalue weighted by Crippen LogP contribution is -2.48. The fourth-order valence-corrected chi connectivity index (χ4v) is 3.58. The van der Waals surface area contributed by atoms with E-state index in [1.54, 1.807) is 21.1 Å². The van der Waals surface area contributed by atoms with Crippen LogP contribution in [0.1, 0.15) is 29.3 Å². The first-order valence-electron chi connectivity index (χ1n) is 9.86. The number of nitrogens with zero attached hydrogens (tertiary/aromatic N) is 2. The van der Waals surface area contributed by atoms with E-state index < -0.39 is 0 Å². The van der Waals surface area contributed by atoms with Gasteiger partial charge in [0.2, 0.25) is 5.91 Å². The number of anilines is 1. The summed E-state index contributed by atoms with van der Waals surface area (Å²) >= 11 is 0. The number of ketones is 1. The van der Waals surface area contributed by atoms with Crippen molar-refractivity contribution in [3.05, 3.63) is 53.6 Å². The van der Waals surface area contributed by atoms with Crippen LogP contribution < -0.4 is 14.4 Å². The highest BCUT2D eigenvalue weighted by molar-refractivity contribution is 5.95. The van der Waals surface area contributed by atoms with Crippen LogP contribution in [0.15, 0.2) is 42.5 Å². The molecule has 0 aliphatic carbocycles. The lowest BCUT2D eigenvalue weighted by atomic mass is 10.1. The minimum Gasteiger partial charge on any atom is -0.493 e. The summed E-state index contributed by atoms with van der Waals surface area (Å²) in [5.41, 5.74) is 2.81. The van der Waals surface area contributed by atoms with Crippen molar-refractivity contribution in [3.63, 3.8) is 0 Å². The number of hydrogen-bond donors (Lipinski definition) is 0. The molecular weight excluding hydrogens is 368 g/mol. The van der Waals surface area contributed by atoms with Crippen molar-refractivity contribution in [2.24, 2.45) is 0 Å². The summed E-state index contributed by atoms with van der Waals surface area (Å²) in [5, 5.41) is 0. The summed E-state index contributed by atoms with van der Waals surface area (Å²) in [7, 11) is 3.22. The summed E-state index contributed by atoms with van der Waals surface area (Å²) in [4.78, 5) is 28.4. The van der Waals surface area contributed by atoms with Crippen LogP contribution in [0.5, 0.6) is 11.5 Å². The first-order valence-corrected chi connectivity index (χ1v) is 9.86. The van der Waals surface area contributed by atoms with E-state index in [2.05, 4.69) is 4.90 Å². The van der Waals surface area contributed by atoms with Gasteiger partial charge in [-0.2, -0.15) is 0 Å². The average molecular weight is 396 g/mol. The Balaban J connectivity index is 1.53. The Labute approximate surface area is 172 Å². The Hall–Kier alpha value is -3.02. The maximum absolute atomic E-state index is 12.6. The largest absolute Gasteiger partial charge is 0.493 e. The first-order chi connectivity index (χ1) is 14.0. The number of Topliss-reactive ketones (excluding diaryl/α,β-unsaturated/α-hetero) is 1. The molecule has 154 valence electrons. The molecule has 0 unspecified atom stereocenters. The number of benzene rings is 2. The Morgan fingerprint density at radius 2 is 1.66 bits per heavy atom. The lowest BCUT2D eigenvalue weighted by molar-refractivity contribution is -0.131.